The maximum absolute atomic E-state index is 13.4. The number of benzene rings is 1. The Hall–Kier alpha value is -2.55. The number of hydrogen-bond donors (Lipinski definition) is 3. The van der Waals surface area contributed by atoms with Gasteiger partial charge in [0.2, 0.25) is 5.96 Å². The zero-order valence-electron chi connectivity index (χ0n) is 13.9. The summed E-state index contributed by atoms with van der Waals surface area (Å²) >= 11 is 5.55. The highest BCUT2D eigenvalue weighted by Gasteiger charge is 2.30. The molecule has 0 atom stereocenters. The van der Waals surface area contributed by atoms with Gasteiger partial charge in [0.05, 0.1) is 10.6 Å². The molecule has 1 aromatic carbocycles. The van der Waals surface area contributed by atoms with Crippen molar-refractivity contribution in [1.82, 2.24) is 10.6 Å². The highest BCUT2D eigenvalue weighted by atomic mass is 35.5. The van der Waals surface area contributed by atoms with Crippen molar-refractivity contribution in [1.29, 1.82) is 0 Å². The molecule has 0 fully saturated rings. The molecule has 0 saturated carbocycles. The van der Waals surface area contributed by atoms with Crippen LogP contribution in [-0.2, 0) is 0 Å². The van der Waals surface area contributed by atoms with Crippen molar-refractivity contribution >= 4 is 23.5 Å². The van der Waals surface area contributed by atoms with Crippen LogP contribution in [0.4, 0.5) is 17.6 Å². The maximum atomic E-state index is 13.4. The summed E-state index contributed by atoms with van der Waals surface area (Å²) in [6.07, 6.45) is -4.09. The number of carbonyl (C=O) groups excluding carboxylic acids is 1. The van der Waals surface area contributed by atoms with Crippen LogP contribution in [0.1, 0.15) is 24.2 Å². The van der Waals surface area contributed by atoms with Crippen LogP contribution in [0.2, 0.25) is 5.02 Å². The van der Waals surface area contributed by atoms with Gasteiger partial charge in [-0.25, -0.2) is 9.38 Å². The van der Waals surface area contributed by atoms with E-state index in [-0.39, 0.29) is 22.6 Å². The van der Waals surface area contributed by atoms with Gasteiger partial charge in [0.25, 0.3) is 5.91 Å². The minimum atomic E-state index is -4.65. The molecule has 142 valence electrons. The van der Waals surface area contributed by atoms with Crippen LogP contribution in [0.25, 0.3) is 0 Å². The molecule has 0 aliphatic carbocycles. The molecule has 26 heavy (non-hydrogen) atoms. The molecule has 10 heteroatoms. The summed E-state index contributed by atoms with van der Waals surface area (Å²) < 4.78 is 50.9. The number of alkyl halides is 3. The molecule has 0 aliphatic heterocycles. The summed E-state index contributed by atoms with van der Waals surface area (Å²) in [5, 5.41) is 4.51. The van der Waals surface area contributed by atoms with E-state index in [0.717, 1.165) is 6.07 Å². The van der Waals surface area contributed by atoms with Gasteiger partial charge in [-0.2, -0.15) is 13.2 Å². The Balaban J connectivity index is 2.97. The second kappa shape index (κ2) is 8.70. The Bertz CT molecular complexity index is 757. The molecule has 0 heterocycles. The van der Waals surface area contributed by atoms with Crippen LogP contribution in [0.5, 0.6) is 0 Å². The number of allylic oxidation sites excluding steroid dienone is 2. The fourth-order valence-corrected chi connectivity index (χ4v) is 1.73. The van der Waals surface area contributed by atoms with E-state index < -0.39 is 29.3 Å². The topological polar surface area (TPSA) is 79.5 Å². The van der Waals surface area contributed by atoms with Crippen molar-refractivity contribution in [2.75, 3.05) is 0 Å². The first-order valence-electron chi connectivity index (χ1n) is 7.24. The average Bonchev–Trinajstić information content (AvgIpc) is 2.47. The van der Waals surface area contributed by atoms with Crippen molar-refractivity contribution in [2.24, 2.45) is 10.7 Å². The highest BCUT2D eigenvalue weighted by molar-refractivity contribution is 6.30. The van der Waals surface area contributed by atoms with Gasteiger partial charge in [-0.3, -0.25) is 10.1 Å². The molecule has 1 aromatic rings. The van der Waals surface area contributed by atoms with Crippen LogP contribution < -0.4 is 16.4 Å². The van der Waals surface area contributed by atoms with E-state index in [1.807, 2.05) is 0 Å². The first-order valence-corrected chi connectivity index (χ1v) is 7.62. The largest absolute Gasteiger partial charge is 0.415 e. The van der Waals surface area contributed by atoms with Crippen molar-refractivity contribution < 1.29 is 22.4 Å². The molecular formula is C16H17ClF4N4O. The van der Waals surface area contributed by atoms with E-state index in [1.54, 1.807) is 13.8 Å². The molecular weight excluding hydrogens is 376 g/mol. The number of amides is 1. The van der Waals surface area contributed by atoms with Crippen LogP contribution in [0.15, 0.2) is 47.2 Å². The lowest BCUT2D eigenvalue weighted by molar-refractivity contribution is -0.0879. The molecule has 0 saturated heterocycles. The van der Waals surface area contributed by atoms with Gasteiger partial charge in [0.1, 0.15) is 11.6 Å². The molecule has 0 unspecified atom stereocenters. The van der Waals surface area contributed by atoms with Gasteiger partial charge < -0.3 is 11.1 Å². The Kier molecular flexibility index (Phi) is 7.19. The average molecular weight is 393 g/mol. The number of nitrogens with two attached hydrogens (primary N) is 1. The number of halogens is 5. The van der Waals surface area contributed by atoms with E-state index in [0.29, 0.717) is 6.08 Å². The normalized spacial score (nSPS) is 12.9. The summed E-state index contributed by atoms with van der Waals surface area (Å²) in [5.41, 5.74) is 4.24. The molecule has 0 aliphatic rings. The van der Waals surface area contributed by atoms with Crippen LogP contribution >= 0.6 is 11.6 Å². The van der Waals surface area contributed by atoms with E-state index in [4.69, 9.17) is 17.3 Å². The van der Waals surface area contributed by atoms with Gasteiger partial charge in [-0.05, 0) is 38.1 Å². The number of aliphatic imine (C=N–C) groups is 1. The summed E-state index contributed by atoms with van der Waals surface area (Å²) in [7, 11) is 0. The number of carbonyl (C=O) groups is 1. The van der Waals surface area contributed by atoms with E-state index in [2.05, 4.69) is 22.2 Å². The van der Waals surface area contributed by atoms with Gasteiger partial charge in [-0.1, -0.05) is 18.2 Å². The molecule has 5 nitrogen and oxygen atoms in total. The molecule has 0 spiro atoms. The summed E-state index contributed by atoms with van der Waals surface area (Å²) in [5.74, 6) is -2.19. The first kappa shape index (κ1) is 21.5. The molecule has 1 rings (SSSR count). The Morgan fingerprint density at radius 2 is 1.96 bits per heavy atom. The molecule has 4 N–H and O–H groups in total. The van der Waals surface area contributed by atoms with E-state index in [1.165, 1.54) is 12.1 Å². The molecule has 0 aromatic heterocycles. The minimum absolute atomic E-state index is 0.0626. The maximum Gasteiger partial charge on any atom is 0.415 e. The predicted octanol–water partition coefficient (Wildman–Crippen LogP) is 3.48. The van der Waals surface area contributed by atoms with Crippen molar-refractivity contribution in [3.8, 4) is 0 Å². The smallest absolute Gasteiger partial charge is 0.385 e. The fourth-order valence-electron chi connectivity index (χ4n) is 1.61. The lowest BCUT2D eigenvalue weighted by Crippen LogP contribution is -2.43. The molecule has 1 amide bonds. The van der Waals surface area contributed by atoms with Gasteiger partial charge in [-0.15, -0.1) is 0 Å². The van der Waals surface area contributed by atoms with Gasteiger partial charge in [0.15, 0.2) is 0 Å². The SMILES string of the molecule is C=C(/C=C(\N)NC(=NC(C)C)NC(=O)c1ccc(Cl)c(F)c1)C(F)(F)F. The quantitative estimate of drug-likeness (QED) is 0.317. The van der Waals surface area contributed by atoms with Crippen molar-refractivity contribution in [3.05, 3.63) is 58.7 Å². The summed E-state index contributed by atoms with van der Waals surface area (Å²) in [4.78, 5) is 16.2. The number of guanidine groups is 1. The summed E-state index contributed by atoms with van der Waals surface area (Å²) in [6, 6.07) is 3.06. The summed E-state index contributed by atoms with van der Waals surface area (Å²) in [6.45, 7) is 6.20. The number of nitrogens with zero attached hydrogens (tertiary/aromatic N) is 1. The lowest BCUT2D eigenvalue weighted by atomic mass is 10.2. The second-order valence-electron chi connectivity index (χ2n) is 5.40. The van der Waals surface area contributed by atoms with E-state index in [9.17, 15) is 22.4 Å². The van der Waals surface area contributed by atoms with Crippen LogP contribution in [0.3, 0.4) is 0 Å². The zero-order valence-corrected chi connectivity index (χ0v) is 14.7. The third-order valence-corrected chi connectivity index (χ3v) is 3.06. The van der Waals surface area contributed by atoms with Crippen molar-refractivity contribution in [2.45, 2.75) is 26.1 Å². The number of hydrogen-bond acceptors (Lipinski definition) is 3. The van der Waals surface area contributed by atoms with Gasteiger partial charge in [0, 0.05) is 11.6 Å². The molecule has 0 radical (unpaired) electrons. The fraction of sp³-hybridized carbons (Fsp3) is 0.250. The molecule has 0 bridgehead atoms. The highest BCUT2D eigenvalue weighted by Crippen LogP contribution is 2.24. The van der Waals surface area contributed by atoms with Crippen LogP contribution in [0, 0.1) is 5.82 Å². The lowest BCUT2D eigenvalue weighted by Gasteiger charge is -2.14. The number of rotatable bonds is 4. The Morgan fingerprint density at radius 1 is 1.35 bits per heavy atom. The second-order valence-corrected chi connectivity index (χ2v) is 5.81. The third kappa shape index (κ3) is 6.75. The van der Waals surface area contributed by atoms with Crippen molar-refractivity contribution in [3.63, 3.8) is 0 Å². The predicted molar refractivity (Wildman–Crippen MR) is 92.0 cm³/mol. The monoisotopic (exact) mass is 392 g/mol. The van der Waals surface area contributed by atoms with E-state index >= 15 is 0 Å². The zero-order chi connectivity index (χ0) is 20.1. The third-order valence-electron chi connectivity index (χ3n) is 2.76. The van der Waals surface area contributed by atoms with Gasteiger partial charge >= 0.3 is 6.18 Å². The standard InChI is InChI=1S/C16H17ClF4N4O/c1-8(2)23-15(24-13(22)6-9(3)16(19,20)21)25-14(26)10-4-5-11(17)12(18)7-10/h4-8H,3,22H2,1-2H3,(H2,23,24,25,26)/b13-6+. The van der Waals surface area contributed by atoms with Crippen LogP contribution in [-0.4, -0.2) is 24.1 Å². The Labute approximate surface area is 152 Å². The first-order chi connectivity index (χ1) is 11.9. The minimum Gasteiger partial charge on any atom is -0.385 e. The number of nitrogens with one attached hydrogen (secondary N) is 2. The Morgan fingerprint density at radius 3 is 2.46 bits per heavy atom.